The Balaban J connectivity index is 1.87. The number of nitrogens with one attached hydrogen (secondary N) is 1. The minimum absolute atomic E-state index is 0.686. The van der Waals surface area contributed by atoms with E-state index in [9.17, 15) is 0 Å². The van der Waals surface area contributed by atoms with Gasteiger partial charge in [0.15, 0.2) is 5.96 Å². The van der Waals surface area contributed by atoms with Crippen molar-refractivity contribution in [2.75, 3.05) is 34.9 Å². The van der Waals surface area contributed by atoms with Crippen LogP contribution in [0.3, 0.4) is 0 Å². The first kappa shape index (κ1) is 19.6. The molecule has 142 valence electrons. The van der Waals surface area contributed by atoms with E-state index in [0.29, 0.717) is 6.54 Å². The van der Waals surface area contributed by atoms with Crippen molar-refractivity contribution in [1.29, 1.82) is 0 Å². The average Bonchev–Trinajstić information content (AvgIpc) is 3.07. The quantitative estimate of drug-likeness (QED) is 0.445. The van der Waals surface area contributed by atoms with Crippen LogP contribution in [0, 0.1) is 6.92 Å². The molecule has 0 unspecified atom stereocenters. The highest BCUT2D eigenvalue weighted by Crippen LogP contribution is 2.25. The number of aliphatic imine (C=N–C) groups is 1. The molecule has 7 heteroatoms. The fourth-order valence-electron chi connectivity index (χ4n) is 2.73. The predicted octanol–water partition coefficient (Wildman–Crippen LogP) is 2.31. The Morgan fingerprint density at radius 2 is 2.12 bits per heavy atom. The molecule has 0 aliphatic carbocycles. The molecule has 0 fully saturated rings. The normalized spacial score (nSPS) is 11.3. The molecule has 0 aliphatic heterocycles. The molecule has 0 aliphatic rings. The number of aromatic nitrogens is 2. The lowest BCUT2D eigenvalue weighted by molar-refractivity contribution is 0.382. The predicted molar refractivity (Wildman–Crippen MR) is 104 cm³/mol. The summed E-state index contributed by atoms with van der Waals surface area (Å²) in [5.74, 6) is 2.44. The van der Waals surface area contributed by atoms with Crippen molar-refractivity contribution in [1.82, 2.24) is 20.0 Å². The molecule has 7 nitrogen and oxygen atoms in total. The van der Waals surface area contributed by atoms with Crippen molar-refractivity contribution < 1.29 is 9.47 Å². The van der Waals surface area contributed by atoms with Crippen molar-refractivity contribution in [3.05, 3.63) is 41.7 Å². The number of methoxy groups -OCH3 is 2. The van der Waals surface area contributed by atoms with Gasteiger partial charge in [0.1, 0.15) is 11.5 Å². The summed E-state index contributed by atoms with van der Waals surface area (Å²) in [6.45, 7) is 4.45. The highest BCUT2D eigenvalue weighted by atomic mass is 16.5. The Morgan fingerprint density at radius 3 is 2.73 bits per heavy atom. The fourth-order valence-corrected chi connectivity index (χ4v) is 2.73. The smallest absolute Gasteiger partial charge is 0.193 e. The van der Waals surface area contributed by atoms with E-state index in [4.69, 9.17) is 9.47 Å². The SMILES string of the molecule is CN=C(NCCCn1cc(C)cn1)N(C)Cc1ccc(OC)cc1OC. The van der Waals surface area contributed by atoms with Gasteiger partial charge in [-0.2, -0.15) is 5.10 Å². The molecular weight excluding hydrogens is 330 g/mol. The maximum absolute atomic E-state index is 5.47. The number of hydrogen-bond donors (Lipinski definition) is 1. The Kier molecular flexibility index (Phi) is 7.32. The van der Waals surface area contributed by atoms with Crippen LogP contribution in [0.4, 0.5) is 0 Å². The largest absolute Gasteiger partial charge is 0.497 e. The van der Waals surface area contributed by atoms with Crippen LogP contribution in [0.5, 0.6) is 11.5 Å². The number of benzene rings is 1. The maximum Gasteiger partial charge on any atom is 0.193 e. The third-order valence-corrected chi connectivity index (χ3v) is 4.08. The number of rotatable bonds is 8. The number of hydrogen-bond acceptors (Lipinski definition) is 4. The van der Waals surface area contributed by atoms with Gasteiger partial charge in [-0.15, -0.1) is 0 Å². The van der Waals surface area contributed by atoms with E-state index in [0.717, 1.165) is 42.5 Å². The number of ether oxygens (including phenoxy) is 2. The van der Waals surface area contributed by atoms with Gasteiger partial charge in [-0.1, -0.05) is 0 Å². The molecule has 0 atom stereocenters. The van der Waals surface area contributed by atoms with E-state index in [2.05, 4.69) is 26.5 Å². The van der Waals surface area contributed by atoms with Gasteiger partial charge < -0.3 is 19.7 Å². The third-order valence-electron chi connectivity index (χ3n) is 4.08. The van der Waals surface area contributed by atoms with Gasteiger partial charge in [0, 0.05) is 51.6 Å². The zero-order valence-electron chi connectivity index (χ0n) is 16.3. The van der Waals surface area contributed by atoms with E-state index in [1.165, 1.54) is 5.56 Å². The van der Waals surface area contributed by atoms with Crippen molar-refractivity contribution in [2.24, 2.45) is 4.99 Å². The second kappa shape index (κ2) is 9.70. The Labute approximate surface area is 155 Å². The summed E-state index contributed by atoms with van der Waals surface area (Å²) >= 11 is 0. The highest BCUT2D eigenvalue weighted by Gasteiger charge is 2.11. The minimum atomic E-state index is 0.686. The number of nitrogens with zero attached hydrogens (tertiary/aromatic N) is 4. The van der Waals surface area contributed by atoms with Gasteiger partial charge in [0.05, 0.1) is 20.4 Å². The van der Waals surface area contributed by atoms with Gasteiger partial charge in [-0.3, -0.25) is 9.67 Å². The molecule has 2 aromatic rings. The van der Waals surface area contributed by atoms with Crippen LogP contribution in [-0.2, 0) is 13.1 Å². The molecule has 26 heavy (non-hydrogen) atoms. The molecule has 1 N–H and O–H groups in total. The summed E-state index contributed by atoms with van der Waals surface area (Å²) in [6.07, 6.45) is 4.90. The lowest BCUT2D eigenvalue weighted by Crippen LogP contribution is -2.39. The van der Waals surface area contributed by atoms with Gasteiger partial charge in [0.25, 0.3) is 0 Å². The first-order valence-corrected chi connectivity index (χ1v) is 8.69. The van der Waals surface area contributed by atoms with E-state index < -0.39 is 0 Å². The fraction of sp³-hybridized carbons (Fsp3) is 0.474. The maximum atomic E-state index is 5.47. The zero-order chi connectivity index (χ0) is 18.9. The molecule has 0 saturated heterocycles. The number of guanidine groups is 1. The van der Waals surface area contributed by atoms with Crippen LogP contribution in [0.15, 0.2) is 35.6 Å². The molecule has 0 bridgehead atoms. The van der Waals surface area contributed by atoms with Crippen LogP contribution >= 0.6 is 0 Å². The van der Waals surface area contributed by atoms with Gasteiger partial charge in [-0.25, -0.2) is 0 Å². The Hall–Kier alpha value is -2.70. The van der Waals surface area contributed by atoms with Crippen LogP contribution in [0.1, 0.15) is 17.5 Å². The summed E-state index contributed by atoms with van der Waals surface area (Å²) < 4.78 is 12.7. The Morgan fingerprint density at radius 1 is 1.31 bits per heavy atom. The van der Waals surface area contributed by atoms with Crippen LogP contribution in [0.2, 0.25) is 0 Å². The first-order chi connectivity index (χ1) is 12.6. The van der Waals surface area contributed by atoms with Gasteiger partial charge >= 0.3 is 0 Å². The van der Waals surface area contributed by atoms with E-state index in [1.807, 2.05) is 43.0 Å². The van der Waals surface area contributed by atoms with Crippen molar-refractivity contribution in [3.8, 4) is 11.5 Å². The molecule has 0 amide bonds. The molecule has 0 radical (unpaired) electrons. The summed E-state index contributed by atoms with van der Waals surface area (Å²) in [4.78, 5) is 6.44. The summed E-state index contributed by atoms with van der Waals surface area (Å²) in [5.41, 5.74) is 2.26. The minimum Gasteiger partial charge on any atom is -0.497 e. The summed E-state index contributed by atoms with van der Waals surface area (Å²) in [7, 11) is 7.12. The van der Waals surface area contributed by atoms with Crippen molar-refractivity contribution in [2.45, 2.75) is 26.4 Å². The third kappa shape index (κ3) is 5.40. The first-order valence-electron chi connectivity index (χ1n) is 8.69. The summed E-state index contributed by atoms with van der Waals surface area (Å²) in [5, 5.41) is 7.70. The average molecular weight is 359 g/mol. The second-order valence-corrected chi connectivity index (χ2v) is 6.14. The van der Waals surface area contributed by atoms with Crippen molar-refractivity contribution >= 4 is 5.96 Å². The topological polar surface area (TPSA) is 63.9 Å². The lowest BCUT2D eigenvalue weighted by Gasteiger charge is -2.23. The highest BCUT2D eigenvalue weighted by molar-refractivity contribution is 5.79. The second-order valence-electron chi connectivity index (χ2n) is 6.14. The van der Waals surface area contributed by atoms with E-state index in [1.54, 1.807) is 21.3 Å². The molecule has 1 heterocycles. The van der Waals surface area contributed by atoms with E-state index in [-0.39, 0.29) is 0 Å². The molecular formula is C19H29N5O2. The van der Waals surface area contributed by atoms with Crippen LogP contribution < -0.4 is 14.8 Å². The van der Waals surface area contributed by atoms with Crippen LogP contribution in [0.25, 0.3) is 0 Å². The lowest BCUT2D eigenvalue weighted by atomic mass is 10.2. The molecule has 2 rings (SSSR count). The molecule has 1 aromatic carbocycles. The Bertz CT molecular complexity index is 726. The van der Waals surface area contributed by atoms with Crippen molar-refractivity contribution in [3.63, 3.8) is 0 Å². The summed E-state index contributed by atoms with van der Waals surface area (Å²) in [6, 6.07) is 5.85. The van der Waals surface area contributed by atoms with Crippen LogP contribution in [-0.4, -0.2) is 55.5 Å². The van der Waals surface area contributed by atoms with E-state index >= 15 is 0 Å². The van der Waals surface area contributed by atoms with Gasteiger partial charge in [0.2, 0.25) is 0 Å². The van der Waals surface area contributed by atoms with Gasteiger partial charge in [-0.05, 0) is 31.0 Å². The zero-order valence-corrected chi connectivity index (χ0v) is 16.3. The molecule has 1 aromatic heterocycles. The monoisotopic (exact) mass is 359 g/mol. The number of aryl methyl sites for hydroxylation is 2. The molecule has 0 spiro atoms. The molecule has 0 saturated carbocycles. The standard InChI is InChI=1S/C19H29N5O2/c1-15-12-22-24(13-15)10-6-9-21-19(20-2)23(3)14-16-7-8-17(25-4)11-18(16)26-5/h7-8,11-13H,6,9-10,14H2,1-5H3,(H,20,21).